The molecule has 1 heterocycles. The third kappa shape index (κ3) is 5.56. The average Bonchev–Trinajstić information content (AvgIpc) is 2.46. The summed E-state index contributed by atoms with van der Waals surface area (Å²) < 4.78 is 25.2. The van der Waals surface area contributed by atoms with E-state index >= 15 is 0 Å². The van der Waals surface area contributed by atoms with Gasteiger partial charge in [0, 0.05) is 13.1 Å². The van der Waals surface area contributed by atoms with Gasteiger partial charge in [-0.3, -0.25) is 4.79 Å². The van der Waals surface area contributed by atoms with Crippen LogP contribution in [0.15, 0.2) is 0 Å². The SMILES string of the molecule is CCS(=O)(=O)N1CCCC(C(=O)N[C@@H](CO)CC(C)C)C1. The van der Waals surface area contributed by atoms with E-state index in [0.29, 0.717) is 31.7 Å². The van der Waals surface area contributed by atoms with Crippen LogP contribution in [0.4, 0.5) is 0 Å². The van der Waals surface area contributed by atoms with E-state index in [1.807, 2.05) is 13.8 Å². The molecular weight excluding hydrogens is 292 g/mol. The van der Waals surface area contributed by atoms with E-state index in [4.69, 9.17) is 0 Å². The maximum atomic E-state index is 12.3. The molecule has 2 N–H and O–H groups in total. The minimum absolute atomic E-state index is 0.0634. The first kappa shape index (κ1) is 18.4. The van der Waals surface area contributed by atoms with Crippen molar-refractivity contribution in [2.45, 2.75) is 46.1 Å². The van der Waals surface area contributed by atoms with Crippen LogP contribution in [0, 0.1) is 11.8 Å². The van der Waals surface area contributed by atoms with E-state index in [2.05, 4.69) is 5.32 Å². The number of carbonyl (C=O) groups is 1. The molecule has 1 rings (SSSR count). The van der Waals surface area contributed by atoms with Crippen LogP contribution < -0.4 is 5.32 Å². The first-order valence-corrected chi connectivity index (χ1v) is 9.30. The van der Waals surface area contributed by atoms with Gasteiger partial charge in [-0.25, -0.2) is 12.7 Å². The summed E-state index contributed by atoms with van der Waals surface area (Å²) in [5, 5.41) is 12.2. The molecule has 0 aromatic carbocycles. The summed E-state index contributed by atoms with van der Waals surface area (Å²) in [4.78, 5) is 12.3. The van der Waals surface area contributed by atoms with E-state index in [0.717, 1.165) is 0 Å². The van der Waals surface area contributed by atoms with Crippen LogP contribution in [0.1, 0.15) is 40.0 Å². The van der Waals surface area contributed by atoms with Gasteiger partial charge in [0.2, 0.25) is 15.9 Å². The molecule has 0 aliphatic carbocycles. The molecule has 6 nitrogen and oxygen atoms in total. The summed E-state index contributed by atoms with van der Waals surface area (Å²) in [6, 6.07) is -0.254. The highest BCUT2D eigenvalue weighted by molar-refractivity contribution is 7.89. The first-order valence-electron chi connectivity index (χ1n) is 7.69. The fourth-order valence-corrected chi connectivity index (χ4v) is 3.84. The smallest absolute Gasteiger partial charge is 0.224 e. The second-order valence-corrected chi connectivity index (χ2v) is 8.37. The first-order chi connectivity index (χ1) is 9.80. The topological polar surface area (TPSA) is 86.7 Å². The van der Waals surface area contributed by atoms with Crippen LogP contribution >= 0.6 is 0 Å². The van der Waals surface area contributed by atoms with E-state index in [1.165, 1.54) is 4.31 Å². The minimum atomic E-state index is -3.24. The van der Waals surface area contributed by atoms with Gasteiger partial charge in [-0.1, -0.05) is 13.8 Å². The number of hydrogen-bond donors (Lipinski definition) is 2. The molecule has 21 heavy (non-hydrogen) atoms. The number of nitrogens with one attached hydrogen (secondary N) is 1. The third-order valence-corrected chi connectivity index (χ3v) is 5.68. The molecule has 7 heteroatoms. The van der Waals surface area contributed by atoms with E-state index in [9.17, 15) is 18.3 Å². The van der Waals surface area contributed by atoms with Gasteiger partial charge in [-0.15, -0.1) is 0 Å². The molecule has 1 unspecified atom stereocenters. The highest BCUT2D eigenvalue weighted by Gasteiger charge is 2.32. The van der Waals surface area contributed by atoms with Gasteiger partial charge in [0.1, 0.15) is 0 Å². The van der Waals surface area contributed by atoms with Crippen molar-refractivity contribution in [3.63, 3.8) is 0 Å². The second kappa shape index (κ2) is 8.10. The van der Waals surface area contributed by atoms with Crippen molar-refractivity contribution < 1.29 is 18.3 Å². The lowest BCUT2D eigenvalue weighted by Crippen LogP contribution is -2.48. The molecule has 1 saturated heterocycles. The highest BCUT2D eigenvalue weighted by Crippen LogP contribution is 2.20. The molecule has 1 aliphatic rings. The number of carbonyl (C=O) groups excluding carboxylic acids is 1. The minimum Gasteiger partial charge on any atom is -0.394 e. The zero-order valence-corrected chi connectivity index (χ0v) is 14.0. The van der Waals surface area contributed by atoms with Crippen LogP contribution in [-0.4, -0.2) is 55.2 Å². The number of aliphatic hydroxyl groups is 1. The Bertz CT molecular complexity index is 436. The second-order valence-electron chi connectivity index (χ2n) is 6.12. The largest absolute Gasteiger partial charge is 0.394 e. The zero-order valence-electron chi connectivity index (χ0n) is 13.2. The van der Waals surface area contributed by atoms with E-state index in [-0.39, 0.29) is 36.8 Å². The lowest BCUT2D eigenvalue weighted by atomic mass is 9.97. The fraction of sp³-hybridized carbons (Fsp3) is 0.929. The molecule has 0 saturated carbocycles. The Morgan fingerprint density at radius 1 is 1.43 bits per heavy atom. The van der Waals surface area contributed by atoms with Gasteiger partial charge >= 0.3 is 0 Å². The summed E-state index contributed by atoms with van der Waals surface area (Å²) >= 11 is 0. The number of rotatable bonds is 7. The maximum absolute atomic E-state index is 12.3. The molecule has 0 aromatic rings. The molecule has 2 atom stereocenters. The van der Waals surface area contributed by atoms with Crippen LogP contribution in [0.2, 0.25) is 0 Å². The molecular formula is C14H28N2O4S. The van der Waals surface area contributed by atoms with Crippen molar-refractivity contribution in [2.75, 3.05) is 25.4 Å². The fourth-order valence-electron chi connectivity index (χ4n) is 2.66. The molecule has 0 spiro atoms. The normalized spacial score (nSPS) is 22.2. The van der Waals surface area contributed by atoms with Gasteiger partial charge in [-0.05, 0) is 32.1 Å². The molecule has 0 bridgehead atoms. The number of piperidine rings is 1. The lowest BCUT2D eigenvalue weighted by Gasteiger charge is -2.32. The molecule has 124 valence electrons. The summed E-state index contributed by atoms with van der Waals surface area (Å²) in [5.41, 5.74) is 0. The van der Waals surface area contributed by atoms with Crippen molar-refractivity contribution in [3.8, 4) is 0 Å². The summed E-state index contributed by atoms with van der Waals surface area (Å²) in [5.74, 6) is -0.0220. The Morgan fingerprint density at radius 2 is 2.10 bits per heavy atom. The summed E-state index contributed by atoms with van der Waals surface area (Å²) in [6.45, 7) is 6.34. The number of amides is 1. The van der Waals surface area contributed by atoms with Crippen molar-refractivity contribution >= 4 is 15.9 Å². The highest BCUT2D eigenvalue weighted by atomic mass is 32.2. The predicted molar refractivity (Wildman–Crippen MR) is 82.2 cm³/mol. The number of hydrogen-bond acceptors (Lipinski definition) is 4. The van der Waals surface area contributed by atoms with Crippen LogP contribution in [-0.2, 0) is 14.8 Å². The standard InChI is InChI=1S/C14H28N2O4S/c1-4-21(19,20)16-7-5-6-12(9-16)14(18)15-13(10-17)8-11(2)3/h11-13,17H,4-10H2,1-3H3,(H,15,18)/t12?,13-/m1/s1. The average molecular weight is 320 g/mol. The lowest BCUT2D eigenvalue weighted by molar-refractivity contribution is -0.127. The maximum Gasteiger partial charge on any atom is 0.224 e. The summed E-state index contributed by atoms with van der Waals surface area (Å²) in [6.07, 6.45) is 2.11. The van der Waals surface area contributed by atoms with Crippen LogP contribution in [0.3, 0.4) is 0 Å². The van der Waals surface area contributed by atoms with Crippen LogP contribution in [0.5, 0.6) is 0 Å². The quantitative estimate of drug-likeness (QED) is 0.718. The van der Waals surface area contributed by atoms with Gasteiger partial charge in [0.15, 0.2) is 0 Å². The Morgan fingerprint density at radius 3 is 2.62 bits per heavy atom. The van der Waals surface area contributed by atoms with E-state index in [1.54, 1.807) is 6.92 Å². The van der Waals surface area contributed by atoms with Gasteiger partial charge in [0.05, 0.1) is 24.3 Å². The molecule has 0 aromatic heterocycles. The third-order valence-electron chi connectivity index (χ3n) is 3.84. The Hall–Kier alpha value is -0.660. The Balaban J connectivity index is 2.61. The van der Waals surface area contributed by atoms with E-state index < -0.39 is 10.0 Å². The number of sulfonamides is 1. The molecule has 1 amide bonds. The van der Waals surface area contributed by atoms with Crippen molar-refractivity contribution in [2.24, 2.45) is 11.8 Å². The van der Waals surface area contributed by atoms with Gasteiger partial charge in [-0.2, -0.15) is 0 Å². The zero-order chi connectivity index (χ0) is 16.0. The van der Waals surface area contributed by atoms with Crippen LogP contribution in [0.25, 0.3) is 0 Å². The Labute approximate surface area is 128 Å². The summed E-state index contributed by atoms with van der Waals surface area (Å²) in [7, 11) is -3.24. The van der Waals surface area contributed by atoms with Gasteiger partial charge in [0.25, 0.3) is 0 Å². The van der Waals surface area contributed by atoms with Crippen molar-refractivity contribution in [1.29, 1.82) is 0 Å². The van der Waals surface area contributed by atoms with Crippen molar-refractivity contribution in [3.05, 3.63) is 0 Å². The molecule has 1 fully saturated rings. The number of aliphatic hydroxyl groups excluding tert-OH is 1. The predicted octanol–water partition coefficient (Wildman–Crippen LogP) is 0.571. The molecule has 0 radical (unpaired) electrons. The van der Waals surface area contributed by atoms with Gasteiger partial charge < -0.3 is 10.4 Å². The Kier molecular flexibility index (Phi) is 7.09. The number of nitrogens with zero attached hydrogens (tertiary/aromatic N) is 1. The molecule has 1 aliphatic heterocycles. The monoisotopic (exact) mass is 320 g/mol. The van der Waals surface area contributed by atoms with Crippen molar-refractivity contribution in [1.82, 2.24) is 9.62 Å².